The molecule has 3 rings (SSSR count). The summed E-state index contributed by atoms with van der Waals surface area (Å²) in [6, 6.07) is 6.03. The van der Waals surface area contributed by atoms with Crippen LogP contribution in [0.3, 0.4) is 0 Å². The van der Waals surface area contributed by atoms with Gasteiger partial charge in [-0.05, 0) is 23.8 Å². The smallest absolute Gasteiger partial charge is 0.337 e. The molecule has 84 valence electrons. The van der Waals surface area contributed by atoms with Crippen LogP contribution < -0.4 is 5.32 Å². The van der Waals surface area contributed by atoms with Crippen molar-refractivity contribution in [2.24, 2.45) is 0 Å². The Bertz CT molecular complexity index is 447. The minimum Gasteiger partial charge on any atom is -0.478 e. The van der Waals surface area contributed by atoms with E-state index in [1.165, 1.54) is 11.3 Å². The molecule has 1 aromatic carbocycles. The molecule has 0 bridgehead atoms. The summed E-state index contributed by atoms with van der Waals surface area (Å²) < 4.78 is 0. The topological polar surface area (TPSA) is 49.3 Å². The number of rotatable bonds is 1. The van der Waals surface area contributed by atoms with Crippen LogP contribution in [0, 0.1) is 0 Å². The third-order valence-corrected chi connectivity index (χ3v) is 4.53. The molecule has 0 radical (unpaired) electrons. The first kappa shape index (κ1) is 10.0. The van der Waals surface area contributed by atoms with E-state index in [2.05, 4.69) is 11.4 Å². The molecule has 2 atom stereocenters. The fraction of sp³-hybridized carbons (Fsp3) is 0.417. The van der Waals surface area contributed by atoms with Crippen LogP contribution in [-0.4, -0.2) is 28.6 Å². The molecule has 0 aromatic heterocycles. The molecule has 0 spiro atoms. The number of aromatic carboxylic acids is 1. The van der Waals surface area contributed by atoms with Crippen molar-refractivity contribution in [1.82, 2.24) is 0 Å². The number of anilines is 1. The summed E-state index contributed by atoms with van der Waals surface area (Å²) >= 11 is 1.96. The van der Waals surface area contributed by atoms with Gasteiger partial charge >= 0.3 is 5.97 Å². The summed E-state index contributed by atoms with van der Waals surface area (Å²) in [5.74, 6) is 1.93. The highest BCUT2D eigenvalue weighted by Gasteiger charge is 2.36. The highest BCUT2D eigenvalue weighted by Crippen LogP contribution is 2.43. The average Bonchev–Trinajstić information content (AvgIpc) is 2.67. The van der Waals surface area contributed by atoms with Gasteiger partial charge in [0.15, 0.2) is 0 Å². The van der Waals surface area contributed by atoms with Crippen LogP contribution in [-0.2, 0) is 0 Å². The lowest BCUT2D eigenvalue weighted by molar-refractivity contribution is 0.0698. The SMILES string of the molecule is O=C(O)c1cccc2c1NC1CCSCC21. The number of carbonyl (C=O) groups is 1. The lowest BCUT2D eigenvalue weighted by Crippen LogP contribution is -2.26. The molecule has 0 amide bonds. The molecule has 2 aliphatic rings. The Balaban J connectivity index is 2.07. The number of carboxylic acid groups (broad SMARTS) is 1. The number of nitrogens with one attached hydrogen (secondary N) is 1. The van der Waals surface area contributed by atoms with Gasteiger partial charge in [0.2, 0.25) is 0 Å². The van der Waals surface area contributed by atoms with Crippen molar-refractivity contribution in [3.8, 4) is 0 Å². The van der Waals surface area contributed by atoms with Crippen LogP contribution in [0.25, 0.3) is 0 Å². The summed E-state index contributed by atoms with van der Waals surface area (Å²) in [4.78, 5) is 11.1. The Morgan fingerprint density at radius 2 is 2.38 bits per heavy atom. The van der Waals surface area contributed by atoms with Gasteiger partial charge in [0.25, 0.3) is 0 Å². The van der Waals surface area contributed by atoms with Crippen molar-refractivity contribution >= 4 is 23.4 Å². The van der Waals surface area contributed by atoms with E-state index in [1.807, 2.05) is 17.8 Å². The Morgan fingerprint density at radius 3 is 3.19 bits per heavy atom. The molecule has 0 aliphatic carbocycles. The first-order valence-corrected chi connectivity index (χ1v) is 6.63. The van der Waals surface area contributed by atoms with Crippen LogP contribution in [0.1, 0.15) is 28.3 Å². The molecule has 2 heterocycles. The van der Waals surface area contributed by atoms with E-state index in [0.29, 0.717) is 17.5 Å². The Morgan fingerprint density at radius 1 is 1.50 bits per heavy atom. The molecule has 0 saturated carbocycles. The minimum absolute atomic E-state index is 0.414. The van der Waals surface area contributed by atoms with Crippen molar-refractivity contribution in [3.63, 3.8) is 0 Å². The second-order valence-corrected chi connectivity index (χ2v) is 5.45. The van der Waals surface area contributed by atoms with Gasteiger partial charge in [-0.25, -0.2) is 4.79 Å². The zero-order valence-corrected chi connectivity index (χ0v) is 9.59. The van der Waals surface area contributed by atoms with Crippen LogP contribution in [0.15, 0.2) is 18.2 Å². The Labute approximate surface area is 98.2 Å². The van der Waals surface area contributed by atoms with Crippen LogP contribution >= 0.6 is 11.8 Å². The van der Waals surface area contributed by atoms with E-state index < -0.39 is 5.97 Å². The maximum atomic E-state index is 11.1. The zero-order chi connectivity index (χ0) is 11.1. The average molecular weight is 235 g/mol. The first-order chi connectivity index (χ1) is 7.77. The standard InChI is InChI=1S/C12H13NO2S/c14-12(15)8-3-1-2-7-9-6-16-5-4-10(9)13-11(7)8/h1-3,9-10,13H,4-6H2,(H,14,15). The fourth-order valence-corrected chi connectivity index (χ4v) is 3.87. The van der Waals surface area contributed by atoms with Gasteiger partial charge in [0.1, 0.15) is 0 Å². The molecule has 4 heteroatoms. The highest BCUT2D eigenvalue weighted by atomic mass is 32.2. The van der Waals surface area contributed by atoms with Crippen molar-refractivity contribution in [3.05, 3.63) is 29.3 Å². The number of thioether (sulfide) groups is 1. The van der Waals surface area contributed by atoms with Gasteiger partial charge in [0.05, 0.1) is 11.3 Å². The summed E-state index contributed by atoms with van der Waals surface area (Å²) in [5, 5.41) is 12.5. The van der Waals surface area contributed by atoms with Crippen LogP contribution in [0.4, 0.5) is 5.69 Å². The third-order valence-electron chi connectivity index (χ3n) is 3.41. The van der Waals surface area contributed by atoms with E-state index in [-0.39, 0.29) is 0 Å². The van der Waals surface area contributed by atoms with Crippen molar-refractivity contribution in [2.45, 2.75) is 18.4 Å². The van der Waals surface area contributed by atoms with E-state index >= 15 is 0 Å². The van der Waals surface area contributed by atoms with Gasteiger partial charge in [-0.3, -0.25) is 0 Å². The minimum atomic E-state index is -0.837. The Hall–Kier alpha value is -1.16. The van der Waals surface area contributed by atoms with Crippen molar-refractivity contribution in [1.29, 1.82) is 0 Å². The van der Waals surface area contributed by atoms with Crippen molar-refractivity contribution in [2.75, 3.05) is 16.8 Å². The number of fused-ring (bicyclic) bond motifs is 3. The molecule has 2 N–H and O–H groups in total. The van der Waals surface area contributed by atoms with Gasteiger partial charge < -0.3 is 10.4 Å². The van der Waals surface area contributed by atoms with E-state index in [9.17, 15) is 4.79 Å². The van der Waals surface area contributed by atoms with Crippen LogP contribution in [0.2, 0.25) is 0 Å². The third kappa shape index (κ3) is 1.40. The monoisotopic (exact) mass is 235 g/mol. The molecular weight excluding hydrogens is 222 g/mol. The van der Waals surface area contributed by atoms with Gasteiger partial charge in [-0.1, -0.05) is 12.1 Å². The van der Waals surface area contributed by atoms with Gasteiger partial charge in [-0.2, -0.15) is 11.8 Å². The predicted molar refractivity (Wildman–Crippen MR) is 65.5 cm³/mol. The second kappa shape index (κ2) is 3.70. The zero-order valence-electron chi connectivity index (χ0n) is 8.77. The molecule has 1 fully saturated rings. The Kier molecular flexibility index (Phi) is 2.32. The number of benzene rings is 1. The second-order valence-electron chi connectivity index (χ2n) is 4.30. The molecule has 16 heavy (non-hydrogen) atoms. The van der Waals surface area contributed by atoms with Gasteiger partial charge in [0, 0.05) is 17.7 Å². The lowest BCUT2D eigenvalue weighted by atomic mass is 9.94. The number of hydrogen-bond donors (Lipinski definition) is 2. The fourth-order valence-electron chi connectivity index (χ4n) is 2.62. The number of para-hydroxylation sites is 1. The quantitative estimate of drug-likeness (QED) is 0.784. The molecule has 2 aliphatic heterocycles. The maximum absolute atomic E-state index is 11.1. The highest BCUT2D eigenvalue weighted by molar-refractivity contribution is 7.99. The summed E-state index contributed by atoms with van der Waals surface area (Å²) in [7, 11) is 0. The summed E-state index contributed by atoms with van der Waals surface area (Å²) in [6.45, 7) is 0. The van der Waals surface area contributed by atoms with E-state index in [1.54, 1.807) is 6.07 Å². The largest absolute Gasteiger partial charge is 0.478 e. The molecule has 3 nitrogen and oxygen atoms in total. The molecule has 1 aromatic rings. The maximum Gasteiger partial charge on any atom is 0.337 e. The van der Waals surface area contributed by atoms with E-state index in [0.717, 1.165) is 17.9 Å². The number of hydrogen-bond acceptors (Lipinski definition) is 3. The first-order valence-electron chi connectivity index (χ1n) is 5.48. The normalized spacial score (nSPS) is 26.8. The number of carboxylic acids is 1. The van der Waals surface area contributed by atoms with Crippen LogP contribution in [0.5, 0.6) is 0 Å². The molecular formula is C12H13NO2S. The summed E-state index contributed by atoms with van der Waals surface area (Å²) in [6.07, 6.45) is 1.13. The predicted octanol–water partition coefficient (Wildman–Crippen LogP) is 2.40. The lowest BCUT2D eigenvalue weighted by Gasteiger charge is -2.24. The summed E-state index contributed by atoms with van der Waals surface area (Å²) in [5.41, 5.74) is 2.46. The van der Waals surface area contributed by atoms with E-state index in [4.69, 9.17) is 5.11 Å². The van der Waals surface area contributed by atoms with Gasteiger partial charge in [-0.15, -0.1) is 0 Å². The molecule has 1 saturated heterocycles. The molecule has 2 unspecified atom stereocenters. The van der Waals surface area contributed by atoms with Crippen molar-refractivity contribution < 1.29 is 9.90 Å².